The lowest BCUT2D eigenvalue weighted by Gasteiger charge is -2.36. The van der Waals surface area contributed by atoms with Gasteiger partial charge in [-0.2, -0.15) is 10.5 Å². The molecule has 9 nitrogen and oxygen atoms in total. The molecule has 0 atom stereocenters. The van der Waals surface area contributed by atoms with E-state index in [0.29, 0.717) is 19.4 Å². The molecule has 2 aromatic rings. The lowest BCUT2D eigenvalue weighted by Crippen LogP contribution is -2.60. The summed E-state index contributed by atoms with van der Waals surface area (Å²) in [5.41, 5.74) is 3.64. The van der Waals surface area contributed by atoms with Crippen molar-refractivity contribution in [1.29, 1.82) is 10.5 Å². The van der Waals surface area contributed by atoms with Gasteiger partial charge in [-0.25, -0.2) is 4.79 Å². The predicted octanol–water partition coefficient (Wildman–Crippen LogP) is 5.16. The predicted molar refractivity (Wildman–Crippen MR) is 168 cm³/mol. The van der Waals surface area contributed by atoms with E-state index in [1.54, 1.807) is 20.8 Å². The van der Waals surface area contributed by atoms with E-state index < -0.39 is 17.2 Å². The van der Waals surface area contributed by atoms with Gasteiger partial charge in [-0.15, -0.1) is 0 Å². The van der Waals surface area contributed by atoms with Crippen LogP contribution < -0.4 is 10.6 Å². The van der Waals surface area contributed by atoms with Crippen LogP contribution >= 0.6 is 0 Å². The molecule has 43 heavy (non-hydrogen) atoms. The molecule has 2 fully saturated rings. The molecule has 1 heterocycles. The normalized spacial score (nSPS) is 16.9. The van der Waals surface area contributed by atoms with Crippen LogP contribution in [-0.4, -0.2) is 72.2 Å². The van der Waals surface area contributed by atoms with Crippen molar-refractivity contribution in [2.24, 2.45) is 0 Å². The van der Waals surface area contributed by atoms with Gasteiger partial charge in [-0.05, 0) is 57.2 Å². The third kappa shape index (κ3) is 11.0. The first-order chi connectivity index (χ1) is 20.5. The van der Waals surface area contributed by atoms with Crippen LogP contribution in [-0.2, 0) is 16.1 Å². The maximum absolute atomic E-state index is 12.2. The standard InChI is InChI=1S/C20H23N3.C14H23N3O3/c1-17-2-6-19(7-3-17)20-8-4-18(5-9-20)16-23-14-12-22(11-10-21)13-15-23;1-13(2,3)20-12(19)17-14(7-5-4-6-8-14)11(18)16-10-9-15/h2-9H,11-16H2,1H3;4-8,10H2,1-3H3,(H,16,18)(H,17,19). The molecule has 1 aliphatic heterocycles. The van der Waals surface area contributed by atoms with E-state index in [9.17, 15) is 9.59 Å². The van der Waals surface area contributed by atoms with E-state index in [4.69, 9.17) is 15.3 Å². The van der Waals surface area contributed by atoms with Crippen molar-refractivity contribution in [3.8, 4) is 23.3 Å². The average molecular weight is 587 g/mol. The number of carbonyl (C=O) groups is 2. The van der Waals surface area contributed by atoms with Gasteiger partial charge >= 0.3 is 6.09 Å². The Morgan fingerprint density at radius 2 is 1.42 bits per heavy atom. The van der Waals surface area contributed by atoms with Crippen LogP contribution in [0.15, 0.2) is 48.5 Å². The monoisotopic (exact) mass is 586 g/mol. The first kappa shape index (κ1) is 33.6. The van der Waals surface area contributed by atoms with Gasteiger partial charge in [0.2, 0.25) is 5.91 Å². The van der Waals surface area contributed by atoms with Crippen molar-refractivity contribution in [2.45, 2.75) is 77.5 Å². The highest BCUT2D eigenvalue weighted by Crippen LogP contribution is 2.29. The molecule has 1 saturated heterocycles. The summed E-state index contributed by atoms with van der Waals surface area (Å²) in [6.45, 7) is 13.0. The number of nitriles is 2. The van der Waals surface area contributed by atoms with Gasteiger partial charge < -0.3 is 15.4 Å². The molecule has 2 N–H and O–H groups in total. The fraction of sp³-hybridized carbons (Fsp3) is 0.529. The second-order valence-corrected chi connectivity index (χ2v) is 12.4. The SMILES string of the molecule is CC(C)(C)OC(=O)NC1(C(=O)NCC#N)CCCCC1.Cc1ccc(-c2ccc(CN3CCN(CC#N)CC3)cc2)cc1. The molecular weight excluding hydrogens is 540 g/mol. The Hall–Kier alpha value is -3.92. The molecule has 1 aliphatic carbocycles. The molecule has 2 aliphatic rings. The number of hydrogen-bond donors (Lipinski definition) is 2. The highest BCUT2D eigenvalue weighted by Gasteiger charge is 2.41. The Kier molecular flexibility index (Phi) is 12.5. The number of nitrogens with one attached hydrogen (secondary N) is 2. The molecule has 4 rings (SSSR count). The number of nitrogens with zero attached hydrogens (tertiary/aromatic N) is 4. The number of ether oxygens (including phenoxy) is 1. The summed E-state index contributed by atoms with van der Waals surface area (Å²) in [5.74, 6) is -0.301. The summed E-state index contributed by atoms with van der Waals surface area (Å²) in [6.07, 6.45) is 3.34. The topological polar surface area (TPSA) is 121 Å². The van der Waals surface area contributed by atoms with Crippen molar-refractivity contribution < 1.29 is 14.3 Å². The lowest BCUT2D eigenvalue weighted by molar-refractivity contribution is -0.128. The summed E-state index contributed by atoms with van der Waals surface area (Å²) >= 11 is 0. The van der Waals surface area contributed by atoms with E-state index in [-0.39, 0.29) is 12.5 Å². The molecular formula is C34H46N6O3. The van der Waals surface area contributed by atoms with Crippen molar-refractivity contribution in [2.75, 3.05) is 39.3 Å². The highest BCUT2D eigenvalue weighted by molar-refractivity contribution is 5.90. The minimum atomic E-state index is -0.947. The summed E-state index contributed by atoms with van der Waals surface area (Å²) < 4.78 is 5.23. The molecule has 2 aromatic carbocycles. The maximum Gasteiger partial charge on any atom is 0.408 e. The van der Waals surface area contributed by atoms with Crippen LogP contribution in [0.2, 0.25) is 0 Å². The summed E-state index contributed by atoms with van der Waals surface area (Å²) in [7, 11) is 0. The number of alkyl carbamates (subject to hydrolysis) is 1. The molecule has 230 valence electrons. The van der Waals surface area contributed by atoms with Crippen LogP contribution in [0.25, 0.3) is 11.1 Å². The number of amides is 2. The zero-order valence-corrected chi connectivity index (χ0v) is 26.1. The van der Waals surface area contributed by atoms with Gasteiger partial charge in [-0.3, -0.25) is 14.6 Å². The highest BCUT2D eigenvalue weighted by atomic mass is 16.6. The largest absolute Gasteiger partial charge is 0.444 e. The Labute approximate surface area is 256 Å². The first-order valence-electron chi connectivity index (χ1n) is 15.2. The number of rotatable bonds is 7. The molecule has 0 spiro atoms. The fourth-order valence-electron chi connectivity index (χ4n) is 5.36. The van der Waals surface area contributed by atoms with Gasteiger partial charge in [0, 0.05) is 32.7 Å². The molecule has 2 amide bonds. The van der Waals surface area contributed by atoms with Crippen molar-refractivity contribution in [3.05, 3.63) is 59.7 Å². The Bertz CT molecular complexity index is 1260. The minimum absolute atomic E-state index is 0.0589. The van der Waals surface area contributed by atoms with Crippen LogP contribution in [0, 0.1) is 29.6 Å². The molecule has 1 saturated carbocycles. The van der Waals surface area contributed by atoms with Crippen molar-refractivity contribution in [3.63, 3.8) is 0 Å². The molecule has 9 heteroatoms. The van der Waals surface area contributed by atoms with Gasteiger partial charge in [0.05, 0.1) is 18.7 Å². The Morgan fingerprint density at radius 1 is 0.860 bits per heavy atom. The van der Waals surface area contributed by atoms with E-state index >= 15 is 0 Å². The van der Waals surface area contributed by atoms with E-state index in [0.717, 1.165) is 52.0 Å². The van der Waals surface area contributed by atoms with E-state index in [1.807, 2.05) is 6.07 Å². The second-order valence-electron chi connectivity index (χ2n) is 12.4. The van der Waals surface area contributed by atoms with Gasteiger partial charge in [0.25, 0.3) is 0 Å². The van der Waals surface area contributed by atoms with Gasteiger partial charge in [0.1, 0.15) is 17.7 Å². The first-order valence-corrected chi connectivity index (χ1v) is 15.2. The van der Waals surface area contributed by atoms with Gasteiger partial charge in [-0.1, -0.05) is 73.4 Å². The Morgan fingerprint density at radius 3 is 1.95 bits per heavy atom. The zero-order valence-electron chi connectivity index (χ0n) is 26.1. The van der Waals surface area contributed by atoms with Crippen LogP contribution in [0.5, 0.6) is 0 Å². The summed E-state index contributed by atoms with van der Waals surface area (Å²) in [5, 5.41) is 22.6. The molecule has 0 bridgehead atoms. The Balaban J connectivity index is 0.000000238. The maximum atomic E-state index is 12.2. The molecule has 0 unspecified atom stereocenters. The second kappa shape index (κ2) is 16.1. The quantitative estimate of drug-likeness (QED) is 0.430. The van der Waals surface area contributed by atoms with Crippen LogP contribution in [0.3, 0.4) is 0 Å². The van der Waals surface area contributed by atoms with Crippen molar-refractivity contribution >= 4 is 12.0 Å². The van der Waals surface area contributed by atoms with E-state index in [1.165, 1.54) is 22.3 Å². The number of carbonyl (C=O) groups excluding carboxylic acids is 2. The summed E-state index contributed by atoms with van der Waals surface area (Å²) in [6, 6.07) is 21.7. The third-order valence-electron chi connectivity index (χ3n) is 7.71. The number of piperazine rings is 1. The summed E-state index contributed by atoms with van der Waals surface area (Å²) in [4.78, 5) is 28.9. The number of hydrogen-bond acceptors (Lipinski definition) is 7. The average Bonchev–Trinajstić information content (AvgIpc) is 2.98. The van der Waals surface area contributed by atoms with Crippen LogP contribution in [0.4, 0.5) is 4.79 Å². The fourth-order valence-corrected chi connectivity index (χ4v) is 5.36. The smallest absolute Gasteiger partial charge is 0.408 e. The number of benzene rings is 2. The molecule has 0 radical (unpaired) electrons. The minimum Gasteiger partial charge on any atom is -0.444 e. The third-order valence-corrected chi connectivity index (χ3v) is 7.71. The lowest BCUT2D eigenvalue weighted by atomic mass is 9.81. The van der Waals surface area contributed by atoms with E-state index in [2.05, 4.69) is 82.0 Å². The zero-order chi connectivity index (χ0) is 31.3. The molecule has 0 aromatic heterocycles. The van der Waals surface area contributed by atoms with Gasteiger partial charge in [0.15, 0.2) is 0 Å². The van der Waals surface area contributed by atoms with Crippen molar-refractivity contribution in [1.82, 2.24) is 20.4 Å². The van der Waals surface area contributed by atoms with Crippen LogP contribution in [0.1, 0.15) is 64.0 Å². The number of aryl methyl sites for hydroxylation is 1.